The standard InChI is InChI=1S/C14H14ClN3O3/c1-21-13(19)6-7-17-9-10(8-16)14(20)18-12-5-3-2-4-11(12)15/h2-5,9,17H,6-7H2,1H3,(H,18,20)/b10-9-. The number of nitriles is 1. The molecule has 0 bridgehead atoms. The predicted molar refractivity (Wildman–Crippen MR) is 78.4 cm³/mol. The molecular formula is C14H14ClN3O3. The van der Waals surface area contributed by atoms with Gasteiger partial charge in [0, 0.05) is 12.7 Å². The van der Waals surface area contributed by atoms with E-state index in [4.69, 9.17) is 16.9 Å². The Morgan fingerprint density at radius 1 is 1.43 bits per heavy atom. The van der Waals surface area contributed by atoms with E-state index in [9.17, 15) is 9.59 Å². The molecule has 1 rings (SSSR count). The summed E-state index contributed by atoms with van der Waals surface area (Å²) in [6.07, 6.45) is 1.38. The lowest BCUT2D eigenvalue weighted by atomic mass is 10.2. The fourth-order valence-electron chi connectivity index (χ4n) is 1.35. The number of esters is 1. The van der Waals surface area contributed by atoms with Crippen LogP contribution in [0.4, 0.5) is 5.69 Å². The molecule has 0 radical (unpaired) electrons. The third-order valence-corrected chi connectivity index (χ3v) is 2.76. The lowest BCUT2D eigenvalue weighted by Crippen LogP contribution is -2.18. The second kappa shape index (κ2) is 8.61. The van der Waals surface area contributed by atoms with Crippen LogP contribution in [0.2, 0.25) is 5.02 Å². The number of methoxy groups -OCH3 is 1. The SMILES string of the molecule is COC(=O)CCN/C=C(/C#N)C(=O)Nc1ccccc1Cl. The Bertz CT molecular complexity index is 593. The van der Waals surface area contributed by atoms with E-state index in [0.717, 1.165) is 0 Å². The summed E-state index contributed by atoms with van der Waals surface area (Å²) in [6.45, 7) is 0.261. The Kier molecular flexibility index (Phi) is 6.78. The molecular weight excluding hydrogens is 294 g/mol. The lowest BCUT2D eigenvalue weighted by Gasteiger charge is -2.06. The van der Waals surface area contributed by atoms with Crippen LogP contribution in [0.3, 0.4) is 0 Å². The Balaban J connectivity index is 2.59. The smallest absolute Gasteiger partial charge is 0.307 e. The molecule has 0 unspecified atom stereocenters. The number of anilines is 1. The van der Waals surface area contributed by atoms with E-state index in [0.29, 0.717) is 10.7 Å². The number of amides is 1. The Morgan fingerprint density at radius 2 is 2.14 bits per heavy atom. The van der Waals surface area contributed by atoms with E-state index in [2.05, 4.69) is 15.4 Å². The zero-order valence-electron chi connectivity index (χ0n) is 11.4. The zero-order chi connectivity index (χ0) is 15.7. The van der Waals surface area contributed by atoms with Crippen LogP contribution < -0.4 is 10.6 Å². The number of rotatable bonds is 6. The first-order valence-corrected chi connectivity index (χ1v) is 6.42. The molecule has 0 atom stereocenters. The topological polar surface area (TPSA) is 91.2 Å². The molecule has 0 spiro atoms. The molecule has 7 heteroatoms. The number of carbonyl (C=O) groups excluding carboxylic acids is 2. The van der Waals surface area contributed by atoms with Crippen LogP contribution in [0.5, 0.6) is 0 Å². The second-order valence-electron chi connectivity index (χ2n) is 3.88. The van der Waals surface area contributed by atoms with Gasteiger partial charge >= 0.3 is 5.97 Å². The van der Waals surface area contributed by atoms with Crippen molar-refractivity contribution in [2.24, 2.45) is 0 Å². The monoisotopic (exact) mass is 307 g/mol. The number of hydrogen-bond acceptors (Lipinski definition) is 5. The van der Waals surface area contributed by atoms with E-state index < -0.39 is 5.91 Å². The van der Waals surface area contributed by atoms with Crippen LogP contribution in [-0.4, -0.2) is 25.5 Å². The molecule has 1 aromatic rings. The predicted octanol–water partition coefficient (Wildman–Crippen LogP) is 1.84. The van der Waals surface area contributed by atoms with Gasteiger partial charge in [-0.05, 0) is 12.1 Å². The van der Waals surface area contributed by atoms with Gasteiger partial charge in [0.2, 0.25) is 0 Å². The van der Waals surface area contributed by atoms with Crippen molar-refractivity contribution in [1.29, 1.82) is 5.26 Å². The van der Waals surface area contributed by atoms with Gasteiger partial charge in [0.25, 0.3) is 5.91 Å². The summed E-state index contributed by atoms with van der Waals surface area (Å²) in [5.74, 6) is -0.967. The maximum atomic E-state index is 11.9. The quantitative estimate of drug-likeness (QED) is 0.362. The Labute approximate surface area is 127 Å². The van der Waals surface area contributed by atoms with Crippen molar-refractivity contribution < 1.29 is 14.3 Å². The van der Waals surface area contributed by atoms with Crippen LogP contribution in [-0.2, 0) is 14.3 Å². The van der Waals surface area contributed by atoms with Crippen LogP contribution in [0.1, 0.15) is 6.42 Å². The van der Waals surface area contributed by atoms with Gasteiger partial charge in [0.05, 0.1) is 24.2 Å². The van der Waals surface area contributed by atoms with Gasteiger partial charge in [0.1, 0.15) is 11.6 Å². The van der Waals surface area contributed by atoms with Crippen molar-refractivity contribution in [3.05, 3.63) is 41.1 Å². The van der Waals surface area contributed by atoms with E-state index in [-0.39, 0.29) is 24.5 Å². The molecule has 110 valence electrons. The van der Waals surface area contributed by atoms with E-state index >= 15 is 0 Å². The molecule has 21 heavy (non-hydrogen) atoms. The minimum atomic E-state index is -0.587. The number of ether oxygens (including phenoxy) is 1. The normalized spacial score (nSPS) is 10.4. The summed E-state index contributed by atoms with van der Waals surface area (Å²) >= 11 is 5.91. The first-order chi connectivity index (χ1) is 10.1. The number of para-hydroxylation sites is 1. The van der Waals surface area contributed by atoms with Crippen LogP contribution in [0.15, 0.2) is 36.0 Å². The first kappa shape index (κ1) is 16.5. The molecule has 0 fully saturated rings. The highest BCUT2D eigenvalue weighted by molar-refractivity contribution is 6.33. The van der Waals surface area contributed by atoms with Crippen molar-refractivity contribution in [3.63, 3.8) is 0 Å². The summed E-state index contributed by atoms with van der Waals surface area (Å²) in [5.41, 5.74) is 0.291. The molecule has 1 amide bonds. The first-order valence-electron chi connectivity index (χ1n) is 6.05. The van der Waals surface area contributed by atoms with Gasteiger partial charge in [-0.25, -0.2) is 0 Å². The minimum absolute atomic E-state index is 0.125. The number of nitrogens with zero attached hydrogens (tertiary/aromatic N) is 1. The summed E-state index contributed by atoms with van der Waals surface area (Å²) < 4.78 is 4.46. The molecule has 0 saturated heterocycles. The molecule has 2 N–H and O–H groups in total. The molecule has 0 aromatic heterocycles. The van der Waals surface area contributed by atoms with Crippen LogP contribution in [0.25, 0.3) is 0 Å². The summed E-state index contributed by atoms with van der Waals surface area (Å²) in [7, 11) is 1.29. The van der Waals surface area contributed by atoms with Crippen molar-refractivity contribution in [3.8, 4) is 6.07 Å². The van der Waals surface area contributed by atoms with Gasteiger partial charge < -0.3 is 15.4 Å². The van der Waals surface area contributed by atoms with E-state index in [1.54, 1.807) is 30.3 Å². The van der Waals surface area contributed by atoms with Crippen LogP contribution in [0, 0.1) is 11.3 Å². The fraction of sp³-hybridized carbons (Fsp3) is 0.214. The van der Waals surface area contributed by atoms with Gasteiger partial charge in [-0.15, -0.1) is 0 Å². The molecule has 1 aromatic carbocycles. The molecule has 0 aliphatic rings. The number of benzene rings is 1. The minimum Gasteiger partial charge on any atom is -0.469 e. The van der Waals surface area contributed by atoms with Crippen LogP contribution >= 0.6 is 11.6 Å². The maximum Gasteiger partial charge on any atom is 0.307 e. The average molecular weight is 308 g/mol. The molecule has 0 aliphatic carbocycles. The lowest BCUT2D eigenvalue weighted by molar-refractivity contribution is -0.140. The average Bonchev–Trinajstić information content (AvgIpc) is 2.49. The highest BCUT2D eigenvalue weighted by Crippen LogP contribution is 2.20. The number of hydrogen-bond donors (Lipinski definition) is 2. The Morgan fingerprint density at radius 3 is 2.76 bits per heavy atom. The highest BCUT2D eigenvalue weighted by atomic mass is 35.5. The third kappa shape index (κ3) is 5.55. The van der Waals surface area contributed by atoms with Gasteiger partial charge in [-0.1, -0.05) is 23.7 Å². The summed E-state index contributed by atoms with van der Waals surface area (Å²) in [4.78, 5) is 22.8. The zero-order valence-corrected chi connectivity index (χ0v) is 12.1. The number of nitrogens with one attached hydrogen (secondary N) is 2. The van der Waals surface area contributed by atoms with E-state index in [1.165, 1.54) is 13.3 Å². The molecule has 0 aliphatic heterocycles. The Hall–Kier alpha value is -2.52. The molecule has 0 saturated carbocycles. The van der Waals surface area contributed by atoms with Gasteiger partial charge in [0.15, 0.2) is 0 Å². The fourth-order valence-corrected chi connectivity index (χ4v) is 1.53. The summed E-state index contributed by atoms with van der Waals surface area (Å²) in [5, 5.41) is 14.6. The maximum absolute atomic E-state index is 11.9. The van der Waals surface area contributed by atoms with E-state index in [1.807, 2.05) is 0 Å². The van der Waals surface area contributed by atoms with Crippen molar-refractivity contribution >= 4 is 29.2 Å². The highest BCUT2D eigenvalue weighted by Gasteiger charge is 2.10. The summed E-state index contributed by atoms with van der Waals surface area (Å²) in [6, 6.07) is 8.47. The van der Waals surface area contributed by atoms with Crippen molar-refractivity contribution in [2.75, 3.05) is 19.0 Å². The van der Waals surface area contributed by atoms with Gasteiger partial charge in [-0.3, -0.25) is 9.59 Å². The van der Waals surface area contributed by atoms with Crippen molar-refractivity contribution in [1.82, 2.24) is 5.32 Å². The number of halogens is 1. The van der Waals surface area contributed by atoms with Gasteiger partial charge in [-0.2, -0.15) is 5.26 Å². The van der Waals surface area contributed by atoms with Crippen molar-refractivity contribution in [2.45, 2.75) is 6.42 Å². The largest absolute Gasteiger partial charge is 0.469 e. The second-order valence-corrected chi connectivity index (χ2v) is 4.29. The molecule has 0 heterocycles. The number of carbonyl (C=O) groups is 2. The third-order valence-electron chi connectivity index (χ3n) is 2.43. The molecule has 6 nitrogen and oxygen atoms in total.